The second-order valence-corrected chi connectivity index (χ2v) is 3.04. The van der Waals surface area contributed by atoms with Crippen LogP contribution in [0.5, 0.6) is 0 Å². The van der Waals surface area contributed by atoms with Gasteiger partial charge in [-0.1, -0.05) is 6.92 Å². The normalized spacial score (nSPS) is 12.1. The van der Waals surface area contributed by atoms with E-state index >= 15 is 0 Å². The Morgan fingerprint density at radius 1 is 1.69 bits per heavy atom. The van der Waals surface area contributed by atoms with E-state index in [1.165, 1.54) is 0 Å². The van der Waals surface area contributed by atoms with Crippen LogP contribution in [0.1, 0.15) is 24.6 Å². The fourth-order valence-corrected chi connectivity index (χ4v) is 0.998. The van der Waals surface area contributed by atoms with Gasteiger partial charge in [0, 0.05) is 24.7 Å². The van der Waals surface area contributed by atoms with Crippen molar-refractivity contribution in [3.05, 3.63) is 17.5 Å². The standard InChI is InChI=1S/C9H16N4/c1-4-9(10)11-5-8-6-12-13(3)7(8)2/h6H,4-5H2,1-3H3,(H2,10,11). The molecular weight excluding hydrogens is 164 g/mol. The van der Waals surface area contributed by atoms with Crippen LogP contribution in [-0.2, 0) is 13.6 Å². The van der Waals surface area contributed by atoms with Crippen LogP contribution in [0.15, 0.2) is 11.2 Å². The number of rotatable bonds is 3. The zero-order valence-corrected chi connectivity index (χ0v) is 8.41. The molecule has 0 bridgehead atoms. The molecule has 0 atom stereocenters. The van der Waals surface area contributed by atoms with E-state index in [4.69, 9.17) is 5.73 Å². The number of hydrogen-bond donors (Lipinski definition) is 1. The van der Waals surface area contributed by atoms with E-state index in [1.807, 2.05) is 31.8 Å². The highest BCUT2D eigenvalue weighted by Gasteiger charge is 2.01. The molecule has 72 valence electrons. The maximum absolute atomic E-state index is 5.60. The molecule has 0 aliphatic heterocycles. The van der Waals surface area contributed by atoms with Crippen molar-refractivity contribution in [3.8, 4) is 0 Å². The summed E-state index contributed by atoms with van der Waals surface area (Å²) >= 11 is 0. The molecule has 2 N–H and O–H groups in total. The second-order valence-electron chi connectivity index (χ2n) is 3.04. The molecule has 1 aromatic heterocycles. The highest BCUT2D eigenvalue weighted by atomic mass is 15.3. The Morgan fingerprint density at radius 2 is 2.38 bits per heavy atom. The van der Waals surface area contributed by atoms with Crippen LogP contribution in [0.4, 0.5) is 0 Å². The van der Waals surface area contributed by atoms with Crippen LogP contribution >= 0.6 is 0 Å². The lowest BCUT2D eigenvalue weighted by Gasteiger charge is -1.97. The molecule has 0 unspecified atom stereocenters. The van der Waals surface area contributed by atoms with Gasteiger partial charge < -0.3 is 5.73 Å². The molecule has 13 heavy (non-hydrogen) atoms. The quantitative estimate of drug-likeness (QED) is 0.557. The van der Waals surface area contributed by atoms with Crippen LogP contribution < -0.4 is 5.73 Å². The Morgan fingerprint density at radius 3 is 2.85 bits per heavy atom. The van der Waals surface area contributed by atoms with Crippen LogP contribution in [0.25, 0.3) is 0 Å². The highest BCUT2D eigenvalue weighted by Crippen LogP contribution is 2.06. The number of nitrogens with two attached hydrogens (primary N) is 1. The average Bonchev–Trinajstić information content (AvgIpc) is 2.44. The fourth-order valence-electron chi connectivity index (χ4n) is 0.998. The van der Waals surface area contributed by atoms with E-state index in [1.54, 1.807) is 0 Å². The number of aromatic nitrogens is 2. The van der Waals surface area contributed by atoms with Crippen molar-refractivity contribution in [1.82, 2.24) is 9.78 Å². The lowest BCUT2D eigenvalue weighted by Crippen LogP contribution is -2.09. The molecule has 1 heterocycles. The number of hydrogen-bond acceptors (Lipinski definition) is 2. The number of amidine groups is 1. The Balaban J connectivity index is 2.70. The van der Waals surface area contributed by atoms with Gasteiger partial charge in [0.15, 0.2) is 0 Å². The molecule has 0 radical (unpaired) electrons. The first-order chi connectivity index (χ1) is 6.15. The summed E-state index contributed by atoms with van der Waals surface area (Å²) in [4.78, 5) is 4.23. The van der Waals surface area contributed by atoms with Gasteiger partial charge in [-0.05, 0) is 6.92 Å². The molecule has 0 saturated carbocycles. The first kappa shape index (κ1) is 9.77. The van der Waals surface area contributed by atoms with Gasteiger partial charge in [-0.2, -0.15) is 5.10 Å². The molecular formula is C9H16N4. The summed E-state index contributed by atoms with van der Waals surface area (Å²) in [6.07, 6.45) is 2.64. The largest absolute Gasteiger partial charge is 0.387 e. The molecule has 0 spiro atoms. The lowest BCUT2D eigenvalue weighted by molar-refractivity contribution is 0.737. The van der Waals surface area contributed by atoms with Gasteiger partial charge in [-0.15, -0.1) is 0 Å². The molecule has 1 aromatic rings. The van der Waals surface area contributed by atoms with E-state index < -0.39 is 0 Å². The third-order valence-corrected chi connectivity index (χ3v) is 2.15. The van der Waals surface area contributed by atoms with Gasteiger partial charge in [-0.3, -0.25) is 9.67 Å². The van der Waals surface area contributed by atoms with E-state index in [-0.39, 0.29) is 0 Å². The molecule has 0 saturated heterocycles. The Bertz CT molecular complexity index is 311. The van der Waals surface area contributed by atoms with Gasteiger partial charge in [0.1, 0.15) is 0 Å². The third-order valence-electron chi connectivity index (χ3n) is 2.15. The van der Waals surface area contributed by atoms with Gasteiger partial charge >= 0.3 is 0 Å². The van der Waals surface area contributed by atoms with Crippen LogP contribution in [0.3, 0.4) is 0 Å². The third kappa shape index (κ3) is 2.31. The fraction of sp³-hybridized carbons (Fsp3) is 0.556. The van der Waals surface area contributed by atoms with Crippen molar-refractivity contribution < 1.29 is 0 Å². The minimum absolute atomic E-state index is 0.638. The predicted molar refractivity (Wildman–Crippen MR) is 53.6 cm³/mol. The number of nitrogens with zero attached hydrogens (tertiary/aromatic N) is 3. The molecule has 4 nitrogen and oxygen atoms in total. The van der Waals surface area contributed by atoms with Gasteiger partial charge in [0.2, 0.25) is 0 Å². The first-order valence-corrected chi connectivity index (χ1v) is 4.41. The molecule has 0 aromatic carbocycles. The van der Waals surface area contributed by atoms with E-state index in [0.29, 0.717) is 12.4 Å². The summed E-state index contributed by atoms with van der Waals surface area (Å²) in [6.45, 7) is 4.66. The molecule has 0 amide bonds. The highest BCUT2D eigenvalue weighted by molar-refractivity contribution is 5.79. The predicted octanol–water partition coefficient (Wildman–Crippen LogP) is 0.996. The minimum atomic E-state index is 0.638. The Labute approximate surface area is 78.5 Å². The zero-order chi connectivity index (χ0) is 9.84. The monoisotopic (exact) mass is 180 g/mol. The Hall–Kier alpha value is -1.32. The van der Waals surface area contributed by atoms with Gasteiger partial charge in [-0.25, -0.2) is 0 Å². The number of aliphatic imine (C=N–C) groups is 1. The Kier molecular flexibility index (Phi) is 3.06. The van der Waals surface area contributed by atoms with Crippen molar-refractivity contribution >= 4 is 5.84 Å². The summed E-state index contributed by atoms with van der Waals surface area (Å²) in [5.74, 6) is 0.697. The molecule has 0 aliphatic carbocycles. The average molecular weight is 180 g/mol. The summed E-state index contributed by atoms with van der Waals surface area (Å²) in [6, 6.07) is 0. The SMILES string of the molecule is CCC(N)=NCc1cnn(C)c1C. The molecule has 1 rings (SSSR count). The minimum Gasteiger partial charge on any atom is -0.387 e. The molecule has 4 heteroatoms. The van der Waals surface area contributed by atoms with Gasteiger partial charge in [0.25, 0.3) is 0 Å². The van der Waals surface area contributed by atoms with E-state index in [9.17, 15) is 0 Å². The van der Waals surface area contributed by atoms with Crippen molar-refractivity contribution in [2.45, 2.75) is 26.8 Å². The first-order valence-electron chi connectivity index (χ1n) is 4.41. The second kappa shape index (κ2) is 4.07. The van der Waals surface area contributed by atoms with E-state index in [2.05, 4.69) is 10.1 Å². The molecule has 0 aliphatic rings. The summed E-state index contributed by atoms with van der Waals surface area (Å²) in [5.41, 5.74) is 7.88. The van der Waals surface area contributed by atoms with Crippen LogP contribution in [0.2, 0.25) is 0 Å². The topological polar surface area (TPSA) is 56.2 Å². The lowest BCUT2D eigenvalue weighted by atomic mass is 10.2. The van der Waals surface area contributed by atoms with E-state index in [0.717, 1.165) is 17.7 Å². The summed E-state index contributed by atoms with van der Waals surface area (Å²) in [5, 5.41) is 4.13. The smallest absolute Gasteiger partial charge is 0.0938 e. The van der Waals surface area contributed by atoms with Gasteiger partial charge in [0.05, 0.1) is 18.6 Å². The number of aryl methyl sites for hydroxylation is 1. The van der Waals surface area contributed by atoms with Crippen LogP contribution in [0, 0.1) is 6.92 Å². The maximum atomic E-state index is 5.60. The van der Waals surface area contributed by atoms with Crippen LogP contribution in [-0.4, -0.2) is 15.6 Å². The zero-order valence-electron chi connectivity index (χ0n) is 8.41. The summed E-state index contributed by atoms with van der Waals surface area (Å²) in [7, 11) is 1.92. The van der Waals surface area contributed by atoms with Crippen molar-refractivity contribution in [2.75, 3.05) is 0 Å². The van der Waals surface area contributed by atoms with Crippen molar-refractivity contribution in [2.24, 2.45) is 17.8 Å². The molecule has 0 fully saturated rings. The van der Waals surface area contributed by atoms with Crippen molar-refractivity contribution in [1.29, 1.82) is 0 Å². The van der Waals surface area contributed by atoms with Crippen molar-refractivity contribution in [3.63, 3.8) is 0 Å². The summed E-state index contributed by atoms with van der Waals surface area (Å²) < 4.78 is 1.84. The maximum Gasteiger partial charge on any atom is 0.0938 e.